The molecule has 4 aromatic rings. The number of para-hydroxylation sites is 1. The summed E-state index contributed by atoms with van der Waals surface area (Å²) in [6, 6.07) is 32.3. The molecule has 1 aliphatic heterocycles. The van der Waals surface area contributed by atoms with E-state index in [0.29, 0.717) is 22.8 Å². The molecule has 0 bridgehead atoms. The lowest BCUT2D eigenvalue weighted by Gasteiger charge is -2.18. The number of anilines is 2. The SMILES string of the molecule is N#C/C(C(=O)Nc1cccc2ccccc12)=C1/S[C@@H](Cc2ccc(Br)cc2)C(=O)N1c1ccccc1. The lowest BCUT2D eigenvalue weighted by molar-refractivity contribution is -0.117. The van der Waals surface area contributed by atoms with Crippen LogP contribution in [-0.4, -0.2) is 17.1 Å². The van der Waals surface area contributed by atoms with E-state index in [2.05, 4.69) is 27.3 Å². The first kappa shape index (κ1) is 23.9. The van der Waals surface area contributed by atoms with Gasteiger partial charge in [-0.1, -0.05) is 94.4 Å². The second-order valence-corrected chi connectivity index (χ2v) is 10.3. The number of rotatable bonds is 5. The van der Waals surface area contributed by atoms with E-state index in [4.69, 9.17) is 0 Å². The maximum Gasteiger partial charge on any atom is 0.269 e. The summed E-state index contributed by atoms with van der Waals surface area (Å²) in [6.45, 7) is 0. The van der Waals surface area contributed by atoms with E-state index in [-0.39, 0.29) is 11.5 Å². The summed E-state index contributed by atoms with van der Waals surface area (Å²) >= 11 is 4.69. The normalized spacial score (nSPS) is 16.6. The Balaban J connectivity index is 1.52. The van der Waals surface area contributed by atoms with Crippen LogP contribution in [0.4, 0.5) is 11.4 Å². The van der Waals surface area contributed by atoms with Crippen molar-refractivity contribution in [2.24, 2.45) is 0 Å². The predicted octanol–water partition coefficient (Wildman–Crippen LogP) is 6.67. The summed E-state index contributed by atoms with van der Waals surface area (Å²) in [5.74, 6) is -0.704. The van der Waals surface area contributed by atoms with E-state index in [1.165, 1.54) is 16.7 Å². The lowest BCUT2D eigenvalue weighted by atomic mass is 10.1. The van der Waals surface area contributed by atoms with Crippen molar-refractivity contribution in [3.8, 4) is 6.07 Å². The van der Waals surface area contributed by atoms with Crippen LogP contribution in [0.25, 0.3) is 10.8 Å². The average molecular weight is 554 g/mol. The number of benzene rings is 4. The molecule has 1 N–H and O–H groups in total. The van der Waals surface area contributed by atoms with Gasteiger partial charge in [0, 0.05) is 21.2 Å². The van der Waals surface area contributed by atoms with Gasteiger partial charge in [0.25, 0.3) is 5.91 Å². The molecule has 5 rings (SSSR count). The van der Waals surface area contributed by atoms with Gasteiger partial charge >= 0.3 is 0 Å². The van der Waals surface area contributed by atoms with Crippen molar-refractivity contribution in [2.75, 3.05) is 10.2 Å². The molecule has 7 heteroatoms. The third kappa shape index (κ3) is 4.78. The van der Waals surface area contributed by atoms with Gasteiger partial charge in [-0.2, -0.15) is 5.26 Å². The van der Waals surface area contributed by atoms with Crippen LogP contribution >= 0.6 is 27.7 Å². The van der Waals surface area contributed by atoms with Crippen LogP contribution in [0.2, 0.25) is 0 Å². The fourth-order valence-corrected chi connectivity index (χ4v) is 5.73. The molecule has 0 saturated carbocycles. The quantitative estimate of drug-likeness (QED) is 0.221. The number of amides is 2. The first-order chi connectivity index (χ1) is 17.5. The van der Waals surface area contributed by atoms with Crippen molar-refractivity contribution in [1.82, 2.24) is 0 Å². The zero-order valence-corrected chi connectivity index (χ0v) is 21.4. The molecule has 36 heavy (non-hydrogen) atoms. The summed E-state index contributed by atoms with van der Waals surface area (Å²) in [6.07, 6.45) is 0.479. The zero-order valence-electron chi connectivity index (χ0n) is 19.0. The molecule has 1 heterocycles. The van der Waals surface area contributed by atoms with Gasteiger partial charge in [0.2, 0.25) is 5.91 Å². The highest BCUT2D eigenvalue weighted by Crippen LogP contribution is 2.42. The number of hydrogen-bond acceptors (Lipinski definition) is 4. The molecule has 0 spiro atoms. The minimum atomic E-state index is -0.547. The molecule has 2 amide bonds. The van der Waals surface area contributed by atoms with Gasteiger partial charge in [0.15, 0.2) is 0 Å². The highest BCUT2D eigenvalue weighted by molar-refractivity contribution is 9.10. The zero-order chi connectivity index (χ0) is 25.1. The standard InChI is InChI=1S/C29H20BrN3O2S/c30-21-15-13-19(14-16-21)17-26-28(35)33(22-9-2-1-3-10-22)29(36-26)24(18-31)27(34)32-25-12-6-8-20-7-4-5-11-23(20)25/h1-16,26H,17H2,(H,32,34)/b29-24-/t26-/m0/s1. The largest absolute Gasteiger partial charge is 0.321 e. The Morgan fingerprint density at radius 1 is 0.944 bits per heavy atom. The molecule has 1 aliphatic rings. The molecule has 1 atom stereocenters. The molecule has 0 unspecified atom stereocenters. The molecule has 5 nitrogen and oxygen atoms in total. The van der Waals surface area contributed by atoms with E-state index < -0.39 is 11.2 Å². The van der Waals surface area contributed by atoms with Crippen molar-refractivity contribution in [3.05, 3.63) is 118 Å². The molecule has 0 radical (unpaired) electrons. The number of carbonyl (C=O) groups excluding carboxylic acids is 2. The van der Waals surface area contributed by atoms with E-state index >= 15 is 0 Å². The maximum absolute atomic E-state index is 13.6. The number of hydrogen-bond donors (Lipinski definition) is 1. The number of fused-ring (bicyclic) bond motifs is 1. The highest BCUT2D eigenvalue weighted by Gasteiger charge is 2.40. The average Bonchev–Trinajstić information content (AvgIpc) is 3.21. The molecule has 0 aliphatic carbocycles. The van der Waals surface area contributed by atoms with E-state index in [0.717, 1.165) is 20.8 Å². The number of nitrogens with zero attached hydrogens (tertiary/aromatic N) is 2. The fraction of sp³-hybridized carbons (Fsp3) is 0.0690. The van der Waals surface area contributed by atoms with Crippen molar-refractivity contribution in [1.29, 1.82) is 5.26 Å². The second-order valence-electron chi connectivity index (χ2n) is 8.22. The number of nitrogens with one attached hydrogen (secondary N) is 1. The van der Waals surface area contributed by atoms with Crippen molar-refractivity contribution >= 4 is 61.7 Å². The third-order valence-corrected chi connectivity index (χ3v) is 7.68. The van der Waals surface area contributed by atoms with Gasteiger partial charge in [-0.25, -0.2) is 0 Å². The van der Waals surface area contributed by atoms with Gasteiger partial charge < -0.3 is 5.32 Å². The Morgan fingerprint density at radius 2 is 1.64 bits per heavy atom. The van der Waals surface area contributed by atoms with Gasteiger partial charge in [0.1, 0.15) is 16.7 Å². The van der Waals surface area contributed by atoms with Crippen LogP contribution in [0.5, 0.6) is 0 Å². The molecule has 1 saturated heterocycles. The van der Waals surface area contributed by atoms with Gasteiger partial charge in [0.05, 0.1) is 5.25 Å². The summed E-state index contributed by atoms with van der Waals surface area (Å²) in [5.41, 5.74) is 2.13. The molecule has 0 aromatic heterocycles. The number of thioether (sulfide) groups is 1. The fourth-order valence-electron chi connectivity index (χ4n) is 4.15. The smallest absolute Gasteiger partial charge is 0.269 e. The molecule has 176 valence electrons. The van der Waals surface area contributed by atoms with Crippen LogP contribution in [-0.2, 0) is 16.0 Å². The summed E-state index contributed by atoms with van der Waals surface area (Å²) in [7, 11) is 0. The van der Waals surface area contributed by atoms with Crippen LogP contribution < -0.4 is 10.2 Å². The van der Waals surface area contributed by atoms with Crippen LogP contribution in [0, 0.1) is 11.3 Å². The van der Waals surface area contributed by atoms with E-state index in [9.17, 15) is 14.9 Å². The van der Waals surface area contributed by atoms with E-state index in [1.807, 2.05) is 78.9 Å². The first-order valence-electron chi connectivity index (χ1n) is 11.3. The number of halogens is 1. The van der Waals surface area contributed by atoms with Crippen LogP contribution in [0.3, 0.4) is 0 Å². The lowest BCUT2D eigenvalue weighted by Crippen LogP contribution is -2.30. The summed E-state index contributed by atoms with van der Waals surface area (Å²) < 4.78 is 0.958. The molecule has 4 aromatic carbocycles. The Hall–Kier alpha value is -3.86. The highest BCUT2D eigenvalue weighted by atomic mass is 79.9. The van der Waals surface area contributed by atoms with E-state index in [1.54, 1.807) is 18.2 Å². The van der Waals surface area contributed by atoms with Crippen molar-refractivity contribution in [3.63, 3.8) is 0 Å². The van der Waals surface area contributed by atoms with Gasteiger partial charge in [-0.3, -0.25) is 14.5 Å². The number of nitriles is 1. The molecular weight excluding hydrogens is 534 g/mol. The first-order valence-corrected chi connectivity index (χ1v) is 13.0. The Labute approximate surface area is 221 Å². The van der Waals surface area contributed by atoms with Crippen molar-refractivity contribution in [2.45, 2.75) is 11.7 Å². The number of carbonyl (C=O) groups is 2. The third-order valence-electron chi connectivity index (χ3n) is 5.89. The monoisotopic (exact) mass is 553 g/mol. The van der Waals surface area contributed by atoms with Gasteiger partial charge in [-0.15, -0.1) is 0 Å². The van der Waals surface area contributed by atoms with Gasteiger partial charge in [-0.05, 0) is 47.7 Å². The Morgan fingerprint density at radius 3 is 2.39 bits per heavy atom. The summed E-state index contributed by atoms with van der Waals surface area (Å²) in [5, 5.41) is 14.7. The van der Waals surface area contributed by atoms with Crippen LogP contribution in [0.15, 0.2) is 112 Å². The predicted molar refractivity (Wildman–Crippen MR) is 148 cm³/mol. The minimum absolute atomic E-state index is 0.0940. The Kier molecular flexibility index (Phi) is 6.90. The molecule has 1 fully saturated rings. The maximum atomic E-state index is 13.6. The second kappa shape index (κ2) is 10.4. The topological polar surface area (TPSA) is 73.2 Å². The molecular formula is C29H20BrN3O2S. The van der Waals surface area contributed by atoms with Crippen LogP contribution in [0.1, 0.15) is 5.56 Å². The minimum Gasteiger partial charge on any atom is -0.321 e. The Bertz CT molecular complexity index is 1520. The summed E-state index contributed by atoms with van der Waals surface area (Å²) in [4.78, 5) is 28.5. The van der Waals surface area contributed by atoms with Crippen molar-refractivity contribution < 1.29 is 9.59 Å².